The fraction of sp³-hybridized carbons (Fsp3) is 0.706. The van der Waals surface area contributed by atoms with E-state index in [0.717, 1.165) is 34.6 Å². The van der Waals surface area contributed by atoms with Crippen LogP contribution in [0.15, 0.2) is 5.11 Å². The molecule has 1 aliphatic heterocycles. The summed E-state index contributed by atoms with van der Waals surface area (Å²) in [7, 11) is 0. The topological polar surface area (TPSA) is 189 Å². The van der Waals surface area contributed by atoms with Gasteiger partial charge in [-0.25, -0.2) is 0 Å². The molecule has 14 heteroatoms. The van der Waals surface area contributed by atoms with Crippen molar-refractivity contribution < 1.29 is 52.4 Å². The molecule has 5 atom stereocenters. The third kappa shape index (κ3) is 7.12. The van der Waals surface area contributed by atoms with E-state index in [1.54, 1.807) is 0 Å². The highest BCUT2D eigenvalue weighted by Crippen LogP contribution is 2.38. The minimum Gasteiger partial charge on any atom is -0.463 e. The van der Waals surface area contributed by atoms with Crippen molar-refractivity contribution in [3.63, 3.8) is 0 Å². The van der Waals surface area contributed by atoms with Gasteiger partial charge >= 0.3 is 29.8 Å². The summed E-state index contributed by atoms with van der Waals surface area (Å²) in [5, 5.41) is 3.36. The predicted molar refractivity (Wildman–Crippen MR) is 96.7 cm³/mol. The second-order valence-corrected chi connectivity index (χ2v) is 6.46. The second-order valence-electron chi connectivity index (χ2n) is 6.46. The first-order chi connectivity index (χ1) is 14.4. The summed E-state index contributed by atoms with van der Waals surface area (Å²) in [4.78, 5) is 61.0. The molecule has 0 amide bonds. The molecule has 1 aliphatic rings. The van der Waals surface area contributed by atoms with E-state index >= 15 is 0 Å². The zero-order chi connectivity index (χ0) is 23.8. The fourth-order valence-electron chi connectivity index (χ4n) is 2.96. The van der Waals surface area contributed by atoms with Crippen LogP contribution in [0.2, 0.25) is 0 Å². The maximum atomic E-state index is 11.9. The minimum atomic E-state index is -2.22. The van der Waals surface area contributed by atoms with Gasteiger partial charge in [-0.05, 0) is 5.53 Å². The van der Waals surface area contributed by atoms with Crippen LogP contribution in [0.4, 0.5) is 0 Å². The van der Waals surface area contributed by atoms with Crippen LogP contribution < -0.4 is 0 Å². The Morgan fingerprint density at radius 3 is 1.94 bits per heavy atom. The van der Waals surface area contributed by atoms with E-state index in [0.29, 0.717) is 0 Å². The Bertz CT molecular complexity index is 773. The molecule has 0 aliphatic carbocycles. The Morgan fingerprint density at radius 2 is 1.48 bits per heavy atom. The van der Waals surface area contributed by atoms with Crippen molar-refractivity contribution in [3.8, 4) is 0 Å². The molecule has 1 fully saturated rings. The van der Waals surface area contributed by atoms with E-state index in [2.05, 4.69) is 10.0 Å². The van der Waals surface area contributed by atoms with E-state index in [4.69, 9.17) is 34.0 Å². The summed E-state index contributed by atoms with van der Waals surface area (Å²) in [5.41, 5.74) is 6.59. The van der Waals surface area contributed by atoms with Gasteiger partial charge < -0.3 is 28.4 Å². The molecule has 0 spiro atoms. The number of nitrogens with zero attached hydrogens (tertiary/aromatic N) is 3. The Balaban J connectivity index is 3.69. The molecule has 0 aromatic heterocycles. The van der Waals surface area contributed by atoms with Crippen molar-refractivity contribution in [2.24, 2.45) is 5.11 Å². The number of azide groups is 1. The lowest BCUT2D eigenvalue weighted by molar-refractivity contribution is -0.333. The molecule has 0 N–H and O–H groups in total. The zero-order valence-electron chi connectivity index (χ0n) is 17.6. The van der Waals surface area contributed by atoms with Gasteiger partial charge in [-0.15, -0.1) is 0 Å². The van der Waals surface area contributed by atoms with Crippen LogP contribution >= 0.6 is 0 Å². The maximum Gasteiger partial charge on any atom is 0.305 e. The number of ether oxygens (including phenoxy) is 6. The highest BCUT2D eigenvalue weighted by Gasteiger charge is 2.64. The van der Waals surface area contributed by atoms with Crippen LogP contribution in [0, 0.1) is 0 Å². The SMILES string of the molecule is CC(=O)OC[C@H]1OC(OC(C)=O)[C@@](CN=[N+]=[N-])(OC(C)=O)[C@@H](OC(C)=O)[C@@H]1OC(C)=O. The van der Waals surface area contributed by atoms with Gasteiger partial charge in [0.05, 0.1) is 6.54 Å². The van der Waals surface area contributed by atoms with E-state index in [1.807, 2.05) is 0 Å². The highest BCUT2D eigenvalue weighted by atomic mass is 16.8. The average Bonchev–Trinajstić information content (AvgIpc) is 2.62. The Morgan fingerprint density at radius 1 is 0.903 bits per heavy atom. The summed E-state index contributed by atoms with van der Waals surface area (Å²) < 4.78 is 31.5. The fourth-order valence-corrected chi connectivity index (χ4v) is 2.96. The van der Waals surface area contributed by atoms with Gasteiger partial charge in [0.15, 0.2) is 12.2 Å². The standard InChI is InChI=1S/C17H23N3O11/c1-8(21)26-6-13-14(27-9(2)22)15(28-10(3)23)17(7-19-20-18,31-12(5)25)16(30-13)29-11(4)24/h13-16H,6-7H2,1-5H3/t13-,14-,15+,16?,17+/m1/s1. The molecule has 0 bridgehead atoms. The third-order valence-corrected chi connectivity index (χ3v) is 3.88. The van der Waals surface area contributed by atoms with Gasteiger partial charge in [0.25, 0.3) is 0 Å². The normalized spacial score (nSPS) is 27.1. The van der Waals surface area contributed by atoms with Gasteiger partial charge in [-0.2, -0.15) is 0 Å². The van der Waals surface area contributed by atoms with Crippen LogP contribution in [-0.4, -0.2) is 73.2 Å². The van der Waals surface area contributed by atoms with Crippen molar-refractivity contribution in [1.29, 1.82) is 0 Å². The Hall–Kier alpha value is -3.38. The number of carbonyl (C=O) groups excluding carboxylic acids is 5. The van der Waals surface area contributed by atoms with Crippen molar-refractivity contribution in [2.45, 2.75) is 64.8 Å². The molecule has 0 radical (unpaired) electrons. The van der Waals surface area contributed by atoms with Gasteiger partial charge in [0.2, 0.25) is 11.9 Å². The van der Waals surface area contributed by atoms with Crippen LogP contribution in [0.1, 0.15) is 34.6 Å². The molecular formula is C17H23N3O11. The number of esters is 5. The van der Waals surface area contributed by atoms with Gasteiger partial charge in [-0.3, -0.25) is 24.0 Å². The Kier molecular flexibility index (Phi) is 9.21. The third-order valence-electron chi connectivity index (χ3n) is 3.88. The van der Waals surface area contributed by atoms with E-state index in [9.17, 15) is 24.0 Å². The smallest absolute Gasteiger partial charge is 0.305 e. The molecule has 1 unspecified atom stereocenters. The Labute approximate surface area is 176 Å². The summed E-state index contributed by atoms with van der Waals surface area (Å²) in [5.74, 6) is -4.27. The van der Waals surface area contributed by atoms with Crippen LogP contribution in [0.5, 0.6) is 0 Å². The van der Waals surface area contributed by atoms with Gasteiger partial charge in [0.1, 0.15) is 12.7 Å². The molecular weight excluding hydrogens is 422 g/mol. The van der Waals surface area contributed by atoms with Gasteiger partial charge in [0, 0.05) is 39.5 Å². The van der Waals surface area contributed by atoms with Crippen molar-refractivity contribution in [1.82, 2.24) is 0 Å². The molecule has 0 aromatic carbocycles. The molecule has 1 rings (SSSR count). The predicted octanol–water partition coefficient (Wildman–Crippen LogP) is 0.313. The summed E-state index contributed by atoms with van der Waals surface area (Å²) in [6.07, 6.45) is -6.25. The number of hydrogen-bond acceptors (Lipinski definition) is 12. The largest absolute Gasteiger partial charge is 0.463 e. The van der Waals surface area contributed by atoms with E-state index in [1.165, 1.54) is 0 Å². The molecule has 172 valence electrons. The molecule has 1 saturated heterocycles. The lowest BCUT2D eigenvalue weighted by atomic mass is 9.85. The number of hydrogen-bond donors (Lipinski definition) is 0. The van der Waals surface area contributed by atoms with Gasteiger partial charge in [-0.1, -0.05) is 5.11 Å². The first-order valence-electron chi connectivity index (χ1n) is 8.93. The minimum absolute atomic E-state index is 0.500. The number of rotatable bonds is 8. The lowest BCUT2D eigenvalue weighted by Gasteiger charge is -2.50. The maximum absolute atomic E-state index is 11.9. The quantitative estimate of drug-likeness (QED) is 0.164. The van der Waals surface area contributed by atoms with E-state index < -0.39 is 73.2 Å². The summed E-state index contributed by atoms with van der Waals surface area (Å²) in [6, 6.07) is 0. The molecule has 0 saturated carbocycles. The van der Waals surface area contributed by atoms with Crippen molar-refractivity contribution in [2.75, 3.05) is 13.2 Å². The molecule has 0 aromatic rings. The second kappa shape index (κ2) is 11.1. The van der Waals surface area contributed by atoms with Crippen LogP contribution in [0.3, 0.4) is 0 Å². The average molecular weight is 445 g/mol. The highest BCUT2D eigenvalue weighted by molar-refractivity contribution is 5.70. The summed E-state index contributed by atoms with van der Waals surface area (Å²) >= 11 is 0. The first kappa shape index (κ1) is 25.7. The molecule has 31 heavy (non-hydrogen) atoms. The van der Waals surface area contributed by atoms with E-state index in [-0.39, 0.29) is 0 Å². The van der Waals surface area contributed by atoms with Crippen molar-refractivity contribution >= 4 is 29.8 Å². The molecule has 1 heterocycles. The van der Waals surface area contributed by atoms with Crippen LogP contribution in [0.25, 0.3) is 10.4 Å². The lowest BCUT2D eigenvalue weighted by Crippen LogP contribution is -2.71. The van der Waals surface area contributed by atoms with Crippen molar-refractivity contribution in [3.05, 3.63) is 10.4 Å². The van der Waals surface area contributed by atoms with Crippen LogP contribution in [-0.2, 0) is 52.4 Å². The first-order valence-corrected chi connectivity index (χ1v) is 8.93. The number of carbonyl (C=O) groups is 5. The zero-order valence-corrected chi connectivity index (χ0v) is 17.6. The molecule has 14 nitrogen and oxygen atoms in total. The summed E-state index contributed by atoms with van der Waals surface area (Å²) in [6.45, 7) is 3.98. The monoisotopic (exact) mass is 445 g/mol.